The lowest BCUT2D eigenvalue weighted by Crippen LogP contribution is -2.31. The van der Waals surface area contributed by atoms with Crippen LogP contribution in [0.4, 0.5) is 8.78 Å². The Morgan fingerprint density at radius 2 is 2.05 bits per heavy atom. The number of hydrogen-bond donors (Lipinski definition) is 0. The Kier molecular flexibility index (Phi) is 3.62. The van der Waals surface area contributed by atoms with Crippen molar-refractivity contribution >= 4 is 6.08 Å². The fourth-order valence-corrected chi connectivity index (χ4v) is 2.09. The van der Waals surface area contributed by atoms with Crippen LogP contribution in [-0.4, -0.2) is 0 Å². The van der Waals surface area contributed by atoms with Crippen molar-refractivity contribution in [2.75, 3.05) is 0 Å². The molecule has 0 atom stereocenters. The molecule has 1 heterocycles. The molecule has 0 aliphatic carbocycles. The first-order valence-electron chi connectivity index (χ1n) is 6.00. The molecule has 4 heteroatoms. The van der Waals surface area contributed by atoms with Crippen LogP contribution in [0.2, 0.25) is 0 Å². The number of rotatable bonds is 2. The van der Waals surface area contributed by atoms with Gasteiger partial charge in [-0.2, -0.15) is 5.26 Å². The van der Waals surface area contributed by atoms with E-state index in [1.807, 2.05) is 13.0 Å². The molecule has 2 aromatic rings. The Morgan fingerprint density at radius 3 is 2.65 bits per heavy atom. The number of aromatic nitrogens is 1. The third-order valence-electron chi connectivity index (χ3n) is 3.14. The zero-order valence-electron chi connectivity index (χ0n) is 11.2. The molecule has 2 rings (SSSR count). The number of halogens is 2. The summed E-state index contributed by atoms with van der Waals surface area (Å²) in [5.41, 5.74) is 1.43. The quantitative estimate of drug-likeness (QED) is 0.770. The lowest BCUT2D eigenvalue weighted by Gasteiger charge is -2.09. The maximum atomic E-state index is 14.5. The van der Waals surface area contributed by atoms with E-state index in [0.29, 0.717) is 11.3 Å². The zero-order valence-corrected chi connectivity index (χ0v) is 11.2. The minimum Gasteiger partial charge on any atom is -0.205 e. The van der Waals surface area contributed by atoms with Gasteiger partial charge < -0.3 is 0 Å². The molecule has 0 N–H and O–H groups in total. The van der Waals surface area contributed by atoms with Crippen LogP contribution >= 0.6 is 0 Å². The van der Waals surface area contributed by atoms with E-state index >= 15 is 0 Å². The van der Waals surface area contributed by atoms with Gasteiger partial charge in [0.1, 0.15) is 24.5 Å². The zero-order chi connectivity index (χ0) is 14.9. The van der Waals surface area contributed by atoms with E-state index in [1.54, 1.807) is 29.9 Å². The first-order valence-corrected chi connectivity index (χ1v) is 6.00. The molecule has 0 bridgehead atoms. The van der Waals surface area contributed by atoms with Crippen molar-refractivity contribution in [2.45, 2.75) is 6.92 Å². The van der Waals surface area contributed by atoms with Crippen LogP contribution in [-0.2, 0) is 7.05 Å². The molecule has 100 valence electrons. The molecular formula is C16H13F2N2+. The fraction of sp³-hybridized carbons (Fsp3) is 0.125. The summed E-state index contributed by atoms with van der Waals surface area (Å²) >= 11 is 0. The molecule has 0 unspecified atom stereocenters. The molecule has 0 aliphatic heterocycles. The Balaban J connectivity index is 2.89. The Bertz CT molecular complexity index is 743. The number of benzene rings is 1. The molecule has 0 amide bonds. The maximum Gasteiger partial charge on any atom is 0.216 e. The highest BCUT2D eigenvalue weighted by molar-refractivity contribution is 5.73. The SMILES string of the molecule is C=Cc1cc(F)c(C#N)c(F)c1-c1cc(C)cc[n+]1C. The number of pyridine rings is 1. The molecule has 1 aromatic heterocycles. The Labute approximate surface area is 116 Å². The second-order valence-electron chi connectivity index (χ2n) is 4.53. The van der Waals surface area contributed by atoms with E-state index in [4.69, 9.17) is 5.26 Å². The van der Waals surface area contributed by atoms with E-state index < -0.39 is 17.2 Å². The number of hydrogen-bond acceptors (Lipinski definition) is 1. The molecule has 0 saturated heterocycles. The summed E-state index contributed by atoms with van der Waals surface area (Å²) < 4.78 is 29.8. The molecule has 1 aromatic carbocycles. The van der Waals surface area contributed by atoms with Crippen molar-refractivity contribution in [2.24, 2.45) is 7.05 Å². The highest BCUT2D eigenvalue weighted by atomic mass is 19.1. The maximum absolute atomic E-state index is 14.5. The first kappa shape index (κ1) is 13.9. The molecular weight excluding hydrogens is 258 g/mol. The number of aryl methyl sites for hydroxylation is 2. The predicted molar refractivity (Wildman–Crippen MR) is 72.5 cm³/mol. The van der Waals surface area contributed by atoms with Gasteiger partial charge in [0.05, 0.1) is 5.56 Å². The highest BCUT2D eigenvalue weighted by Crippen LogP contribution is 2.29. The van der Waals surface area contributed by atoms with Gasteiger partial charge in [0, 0.05) is 12.1 Å². The number of nitrogens with zero attached hydrogens (tertiary/aromatic N) is 2. The minimum atomic E-state index is -0.876. The lowest BCUT2D eigenvalue weighted by molar-refractivity contribution is -0.660. The van der Waals surface area contributed by atoms with Crippen molar-refractivity contribution in [3.8, 4) is 17.3 Å². The normalized spacial score (nSPS) is 10.2. The van der Waals surface area contributed by atoms with E-state index in [1.165, 1.54) is 6.08 Å². The van der Waals surface area contributed by atoms with Crippen LogP contribution in [0.15, 0.2) is 31.0 Å². The van der Waals surface area contributed by atoms with Crippen LogP contribution < -0.4 is 4.57 Å². The predicted octanol–water partition coefficient (Wildman–Crippen LogP) is 3.28. The van der Waals surface area contributed by atoms with Crippen molar-refractivity contribution in [1.29, 1.82) is 5.26 Å². The lowest BCUT2D eigenvalue weighted by atomic mass is 9.98. The van der Waals surface area contributed by atoms with E-state index in [0.717, 1.165) is 11.6 Å². The highest BCUT2D eigenvalue weighted by Gasteiger charge is 2.23. The standard InChI is InChI=1S/C16H13F2N2/c1-4-11-8-13(17)12(9-19)16(18)15(11)14-7-10(2)5-6-20(14)3/h4-8H,1H2,2-3H3/q+1. The van der Waals surface area contributed by atoms with Gasteiger partial charge in [-0.05, 0) is 24.1 Å². The van der Waals surface area contributed by atoms with Gasteiger partial charge in [-0.25, -0.2) is 13.3 Å². The summed E-state index contributed by atoms with van der Waals surface area (Å²) in [4.78, 5) is 0. The van der Waals surface area contributed by atoms with Crippen molar-refractivity contribution < 1.29 is 13.3 Å². The average molecular weight is 271 g/mol. The van der Waals surface area contributed by atoms with Crippen molar-refractivity contribution in [3.63, 3.8) is 0 Å². The average Bonchev–Trinajstić information content (AvgIpc) is 2.42. The van der Waals surface area contributed by atoms with Crippen molar-refractivity contribution in [1.82, 2.24) is 0 Å². The van der Waals surface area contributed by atoms with Crippen LogP contribution in [0, 0.1) is 29.9 Å². The van der Waals surface area contributed by atoms with Crippen molar-refractivity contribution in [3.05, 3.63) is 59.3 Å². The topological polar surface area (TPSA) is 27.7 Å². The largest absolute Gasteiger partial charge is 0.216 e. The van der Waals surface area contributed by atoms with Gasteiger partial charge in [0.2, 0.25) is 5.69 Å². The summed E-state index contributed by atoms with van der Waals surface area (Å²) in [7, 11) is 1.76. The van der Waals surface area contributed by atoms with Crippen LogP contribution in [0.5, 0.6) is 0 Å². The molecule has 0 spiro atoms. The third kappa shape index (κ3) is 2.19. The summed E-state index contributed by atoms with van der Waals surface area (Å²) in [5.74, 6) is -1.73. The number of nitriles is 1. The van der Waals surface area contributed by atoms with Gasteiger partial charge in [-0.1, -0.05) is 12.7 Å². The summed E-state index contributed by atoms with van der Waals surface area (Å²) in [5, 5.41) is 8.90. The molecule has 0 radical (unpaired) electrons. The second kappa shape index (κ2) is 5.22. The van der Waals surface area contributed by atoms with E-state index in [9.17, 15) is 8.78 Å². The van der Waals surface area contributed by atoms with Gasteiger partial charge in [0.25, 0.3) is 0 Å². The van der Waals surface area contributed by atoms with E-state index in [-0.39, 0.29) is 5.56 Å². The van der Waals surface area contributed by atoms with Crippen LogP contribution in [0.3, 0.4) is 0 Å². The molecule has 2 nitrogen and oxygen atoms in total. The molecule has 20 heavy (non-hydrogen) atoms. The summed E-state index contributed by atoms with van der Waals surface area (Å²) in [6.45, 7) is 5.46. The third-order valence-corrected chi connectivity index (χ3v) is 3.14. The summed E-state index contributed by atoms with van der Waals surface area (Å²) in [6.07, 6.45) is 3.16. The van der Waals surface area contributed by atoms with Crippen LogP contribution in [0.1, 0.15) is 16.7 Å². The Morgan fingerprint density at radius 1 is 1.35 bits per heavy atom. The van der Waals surface area contributed by atoms with E-state index in [2.05, 4.69) is 6.58 Å². The first-order chi connectivity index (χ1) is 9.49. The molecule has 0 saturated carbocycles. The molecule has 0 fully saturated rings. The second-order valence-corrected chi connectivity index (χ2v) is 4.53. The van der Waals surface area contributed by atoms with Gasteiger partial charge in [-0.15, -0.1) is 0 Å². The smallest absolute Gasteiger partial charge is 0.205 e. The van der Waals surface area contributed by atoms with Crippen LogP contribution in [0.25, 0.3) is 17.3 Å². The summed E-state index contributed by atoms with van der Waals surface area (Å²) in [6, 6.07) is 6.36. The van der Waals surface area contributed by atoms with Gasteiger partial charge in [-0.3, -0.25) is 0 Å². The fourth-order valence-electron chi connectivity index (χ4n) is 2.09. The van der Waals surface area contributed by atoms with Gasteiger partial charge in [0.15, 0.2) is 12.0 Å². The monoisotopic (exact) mass is 271 g/mol. The minimum absolute atomic E-state index is 0.184. The molecule has 0 aliphatic rings. The Hall–Kier alpha value is -2.54. The van der Waals surface area contributed by atoms with Gasteiger partial charge >= 0.3 is 0 Å².